The highest BCUT2D eigenvalue weighted by molar-refractivity contribution is 5.14. The quantitative estimate of drug-likeness (QED) is 0.554. The van der Waals surface area contributed by atoms with Gasteiger partial charge in [0.2, 0.25) is 0 Å². The highest BCUT2D eigenvalue weighted by atomic mass is 14.5. The fraction of sp³-hybridized carbons (Fsp3) is 0.778. The van der Waals surface area contributed by atoms with E-state index in [1.54, 1.807) is 5.57 Å². The summed E-state index contributed by atoms with van der Waals surface area (Å²) < 4.78 is 0. The van der Waals surface area contributed by atoms with E-state index in [1.165, 1.54) is 37.7 Å². The molecule has 10 heavy (non-hydrogen) atoms. The van der Waals surface area contributed by atoms with E-state index in [2.05, 4.69) is 6.92 Å². The molecule has 0 unspecified atom stereocenters. The van der Waals surface area contributed by atoms with Crippen LogP contribution in [-0.4, -0.2) is 6.54 Å². The molecule has 1 aliphatic carbocycles. The van der Waals surface area contributed by atoms with Crippen LogP contribution in [0.3, 0.4) is 0 Å². The lowest BCUT2D eigenvalue weighted by Crippen LogP contribution is -2.05. The van der Waals surface area contributed by atoms with Crippen molar-refractivity contribution < 1.29 is 0 Å². The van der Waals surface area contributed by atoms with E-state index in [-0.39, 0.29) is 0 Å². The SMILES string of the molecule is CC(CN)=C1CCCCC1. The maximum absolute atomic E-state index is 5.55. The molecular formula is C9H17N. The van der Waals surface area contributed by atoms with Crippen LogP contribution in [0.25, 0.3) is 0 Å². The van der Waals surface area contributed by atoms with Crippen LogP contribution in [0.15, 0.2) is 11.1 Å². The molecule has 1 nitrogen and oxygen atoms in total. The van der Waals surface area contributed by atoms with Crippen LogP contribution in [0.4, 0.5) is 0 Å². The molecule has 0 radical (unpaired) electrons. The zero-order valence-electron chi connectivity index (χ0n) is 6.82. The first-order valence-corrected chi connectivity index (χ1v) is 4.22. The van der Waals surface area contributed by atoms with E-state index in [0.717, 1.165) is 6.54 Å². The lowest BCUT2D eigenvalue weighted by molar-refractivity contribution is 0.592. The van der Waals surface area contributed by atoms with Gasteiger partial charge in [0.25, 0.3) is 0 Å². The van der Waals surface area contributed by atoms with Gasteiger partial charge in [-0.25, -0.2) is 0 Å². The first-order valence-electron chi connectivity index (χ1n) is 4.22. The number of hydrogen-bond donors (Lipinski definition) is 1. The Balaban J connectivity index is 2.51. The number of allylic oxidation sites excluding steroid dienone is 1. The van der Waals surface area contributed by atoms with Crippen molar-refractivity contribution in [2.45, 2.75) is 39.0 Å². The van der Waals surface area contributed by atoms with Gasteiger partial charge in [0.1, 0.15) is 0 Å². The molecule has 1 heteroatoms. The molecular weight excluding hydrogens is 122 g/mol. The Labute approximate surface area is 63.3 Å². The molecule has 0 atom stereocenters. The van der Waals surface area contributed by atoms with Gasteiger partial charge in [0.15, 0.2) is 0 Å². The van der Waals surface area contributed by atoms with Gasteiger partial charge in [-0.05, 0) is 32.6 Å². The molecule has 1 saturated carbocycles. The summed E-state index contributed by atoms with van der Waals surface area (Å²) in [5.41, 5.74) is 8.61. The standard InChI is InChI=1S/C9H17N/c1-8(7-10)9-5-3-2-4-6-9/h2-7,10H2,1H3. The molecule has 1 rings (SSSR count). The van der Waals surface area contributed by atoms with Gasteiger partial charge in [-0.2, -0.15) is 0 Å². The fourth-order valence-corrected chi connectivity index (χ4v) is 1.55. The molecule has 0 amide bonds. The normalized spacial score (nSPS) is 19.2. The smallest absolute Gasteiger partial charge is 0.0136 e. The summed E-state index contributed by atoms with van der Waals surface area (Å²) in [6.45, 7) is 2.93. The molecule has 0 aromatic rings. The van der Waals surface area contributed by atoms with Gasteiger partial charge >= 0.3 is 0 Å². The largest absolute Gasteiger partial charge is 0.327 e. The minimum atomic E-state index is 0.759. The van der Waals surface area contributed by atoms with E-state index >= 15 is 0 Å². The van der Waals surface area contributed by atoms with E-state index < -0.39 is 0 Å². The third-order valence-electron chi connectivity index (χ3n) is 2.37. The van der Waals surface area contributed by atoms with E-state index in [1.807, 2.05) is 0 Å². The Morgan fingerprint density at radius 2 is 1.90 bits per heavy atom. The molecule has 0 aromatic heterocycles. The third-order valence-corrected chi connectivity index (χ3v) is 2.37. The maximum Gasteiger partial charge on any atom is 0.0136 e. The summed E-state index contributed by atoms with van der Waals surface area (Å²) in [7, 11) is 0. The monoisotopic (exact) mass is 139 g/mol. The molecule has 1 fully saturated rings. The maximum atomic E-state index is 5.55. The van der Waals surface area contributed by atoms with Gasteiger partial charge < -0.3 is 5.73 Å². The van der Waals surface area contributed by atoms with Gasteiger partial charge in [0.05, 0.1) is 0 Å². The summed E-state index contributed by atoms with van der Waals surface area (Å²) >= 11 is 0. The van der Waals surface area contributed by atoms with E-state index in [0.29, 0.717) is 0 Å². The van der Waals surface area contributed by atoms with Crippen molar-refractivity contribution in [1.82, 2.24) is 0 Å². The average molecular weight is 139 g/mol. The zero-order chi connectivity index (χ0) is 7.40. The van der Waals surface area contributed by atoms with Crippen molar-refractivity contribution in [2.75, 3.05) is 6.54 Å². The van der Waals surface area contributed by atoms with Crippen molar-refractivity contribution in [2.24, 2.45) is 5.73 Å². The van der Waals surface area contributed by atoms with Crippen molar-refractivity contribution >= 4 is 0 Å². The van der Waals surface area contributed by atoms with Crippen LogP contribution in [0.5, 0.6) is 0 Å². The average Bonchev–Trinajstić information content (AvgIpc) is 2.05. The molecule has 58 valence electrons. The van der Waals surface area contributed by atoms with Gasteiger partial charge in [-0.3, -0.25) is 0 Å². The summed E-state index contributed by atoms with van der Waals surface area (Å²) in [6, 6.07) is 0. The number of nitrogens with two attached hydrogens (primary N) is 1. The highest BCUT2D eigenvalue weighted by Crippen LogP contribution is 2.24. The van der Waals surface area contributed by atoms with Crippen LogP contribution < -0.4 is 5.73 Å². The van der Waals surface area contributed by atoms with Crippen LogP contribution in [0, 0.1) is 0 Å². The first kappa shape index (κ1) is 7.80. The zero-order valence-corrected chi connectivity index (χ0v) is 6.82. The Morgan fingerprint density at radius 3 is 2.40 bits per heavy atom. The van der Waals surface area contributed by atoms with Crippen molar-refractivity contribution in [1.29, 1.82) is 0 Å². The Bertz CT molecular complexity index is 128. The van der Waals surface area contributed by atoms with Crippen molar-refractivity contribution in [3.05, 3.63) is 11.1 Å². The lowest BCUT2D eigenvalue weighted by atomic mass is 9.91. The van der Waals surface area contributed by atoms with Crippen LogP contribution in [0.1, 0.15) is 39.0 Å². The predicted molar refractivity (Wildman–Crippen MR) is 44.8 cm³/mol. The van der Waals surface area contributed by atoms with E-state index in [4.69, 9.17) is 5.73 Å². The van der Waals surface area contributed by atoms with E-state index in [9.17, 15) is 0 Å². The molecule has 0 saturated heterocycles. The summed E-state index contributed by atoms with van der Waals surface area (Å²) in [5, 5.41) is 0. The molecule has 0 aromatic carbocycles. The van der Waals surface area contributed by atoms with Crippen LogP contribution in [-0.2, 0) is 0 Å². The second-order valence-electron chi connectivity index (χ2n) is 3.15. The summed E-state index contributed by atoms with van der Waals surface area (Å²) in [5.74, 6) is 0. The fourth-order valence-electron chi connectivity index (χ4n) is 1.55. The molecule has 0 spiro atoms. The number of rotatable bonds is 1. The van der Waals surface area contributed by atoms with Crippen LogP contribution >= 0.6 is 0 Å². The molecule has 0 aliphatic heterocycles. The molecule has 0 heterocycles. The minimum absolute atomic E-state index is 0.759. The Kier molecular flexibility index (Phi) is 2.94. The van der Waals surface area contributed by atoms with Gasteiger partial charge in [-0.1, -0.05) is 17.6 Å². The second kappa shape index (κ2) is 3.77. The Hall–Kier alpha value is -0.300. The Morgan fingerprint density at radius 1 is 1.30 bits per heavy atom. The first-order chi connectivity index (χ1) is 4.84. The van der Waals surface area contributed by atoms with Gasteiger partial charge in [0, 0.05) is 6.54 Å². The summed E-state index contributed by atoms with van der Waals surface area (Å²) in [6.07, 6.45) is 6.80. The number of hydrogen-bond acceptors (Lipinski definition) is 1. The highest BCUT2D eigenvalue weighted by Gasteiger charge is 2.06. The van der Waals surface area contributed by atoms with Gasteiger partial charge in [-0.15, -0.1) is 0 Å². The molecule has 0 bridgehead atoms. The second-order valence-corrected chi connectivity index (χ2v) is 3.15. The third kappa shape index (κ3) is 1.84. The summed E-state index contributed by atoms with van der Waals surface area (Å²) in [4.78, 5) is 0. The minimum Gasteiger partial charge on any atom is -0.327 e. The molecule has 2 N–H and O–H groups in total. The van der Waals surface area contributed by atoms with Crippen molar-refractivity contribution in [3.8, 4) is 0 Å². The van der Waals surface area contributed by atoms with Crippen molar-refractivity contribution in [3.63, 3.8) is 0 Å². The van der Waals surface area contributed by atoms with Crippen LogP contribution in [0.2, 0.25) is 0 Å². The lowest BCUT2D eigenvalue weighted by Gasteiger charge is -2.15. The topological polar surface area (TPSA) is 26.0 Å². The predicted octanol–water partition coefficient (Wildman–Crippen LogP) is 2.23. The molecule has 1 aliphatic rings.